The number of hydrogen-bond acceptors (Lipinski definition) is 6. The Labute approximate surface area is 164 Å². The Bertz CT molecular complexity index is 637. The zero-order chi connectivity index (χ0) is 19.1. The van der Waals surface area contributed by atoms with E-state index in [2.05, 4.69) is 0 Å². The van der Waals surface area contributed by atoms with Crippen LogP contribution >= 0.6 is 0 Å². The van der Waals surface area contributed by atoms with Crippen LogP contribution < -0.4 is 37.3 Å². The van der Waals surface area contributed by atoms with E-state index in [1.54, 1.807) is 42.7 Å². The van der Waals surface area contributed by atoms with E-state index in [0.717, 1.165) is 0 Å². The normalized spacial score (nSPS) is 10.2. The molecule has 0 saturated carbocycles. The second kappa shape index (κ2) is 9.83. The molecule has 0 heterocycles. The predicted molar refractivity (Wildman–Crippen MR) is 103 cm³/mol. The van der Waals surface area contributed by atoms with Gasteiger partial charge in [-0.3, -0.25) is 0 Å². The maximum absolute atomic E-state index is 5.43. The molecule has 0 aliphatic rings. The van der Waals surface area contributed by atoms with Crippen molar-refractivity contribution in [2.45, 2.75) is 0 Å². The molecule has 2 aromatic carbocycles. The Kier molecular flexibility index (Phi) is 7.79. The molecule has 0 radical (unpaired) electrons. The molecule has 2 rings (SSSR count). The number of rotatable bonds is 9. The van der Waals surface area contributed by atoms with Gasteiger partial charge in [-0.2, -0.15) is 0 Å². The van der Waals surface area contributed by atoms with Crippen molar-refractivity contribution in [1.82, 2.24) is 0 Å². The van der Waals surface area contributed by atoms with Crippen LogP contribution in [0.15, 0.2) is 24.3 Å². The number of benzene rings is 2. The second-order valence-corrected chi connectivity index (χ2v) is 11.2. The van der Waals surface area contributed by atoms with Crippen molar-refractivity contribution in [2.75, 3.05) is 42.7 Å². The van der Waals surface area contributed by atoms with E-state index in [4.69, 9.17) is 28.4 Å². The minimum absolute atomic E-state index is 0.213. The summed E-state index contributed by atoms with van der Waals surface area (Å²) in [5.41, 5.74) is 0. The van der Waals surface area contributed by atoms with E-state index >= 15 is 0 Å². The monoisotopic (exact) mass is 494 g/mol. The Morgan fingerprint density at radius 2 is 0.731 bits per heavy atom. The van der Waals surface area contributed by atoms with Crippen molar-refractivity contribution in [3.63, 3.8) is 0 Å². The van der Waals surface area contributed by atoms with Crippen LogP contribution in [0.1, 0.15) is 0 Å². The molecule has 0 aliphatic carbocycles. The Balaban J connectivity index is 2.28. The van der Waals surface area contributed by atoms with E-state index in [9.17, 15) is 0 Å². The first kappa shape index (κ1) is 20.6. The molecule has 0 aliphatic heterocycles. The van der Waals surface area contributed by atoms with Gasteiger partial charge in [-0.1, -0.05) is 0 Å². The van der Waals surface area contributed by atoms with Gasteiger partial charge in [0.25, 0.3) is 0 Å². The van der Waals surface area contributed by atoms with Crippen LogP contribution in [-0.2, 0) is 0 Å². The standard InChI is InChI=1S/C18H22O6Se2/c1-19-13-7-11(8-14(20-2)17(13)23-5)25-26-12-9-15(21-3)18(24-6)16(10-12)22-4/h7-10H,1-6H3. The average Bonchev–Trinajstić information content (AvgIpc) is 2.70. The van der Waals surface area contributed by atoms with Crippen molar-refractivity contribution in [3.05, 3.63) is 24.3 Å². The molecule has 0 saturated heterocycles. The van der Waals surface area contributed by atoms with Gasteiger partial charge >= 0.3 is 165 Å². The molecule has 0 amide bonds. The fraction of sp³-hybridized carbons (Fsp3) is 0.333. The average molecular weight is 492 g/mol. The summed E-state index contributed by atoms with van der Waals surface area (Å²) in [5, 5.41) is 0. The second-order valence-electron chi connectivity index (χ2n) is 4.89. The zero-order valence-corrected chi connectivity index (χ0v) is 19.0. The van der Waals surface area contributed by atoms with Crippen LogP contribution in [0.3, 0.4) is 0 Å². The molecule has 0 bridgehead atoms. The van der Waals surface area contributed by atoms with Gasteiger partial charge in [-0.25, -0.2) is 0 Å². The van der Waals surface area contributed by atoms with Crippen molar-refractivity contribution < 1.29 is 28.4 Å². The first-order chi connectivity index (χ1) is 12.6. The van der Waals surface area contributed by atoms with E-state index < -0.39 is 0 Å². The number of methoxy groups -OCH3 is 6. The fourth-order valence-electron chi connectivity index (χ4n) is 2.31. The summed E-state index contributed by atoms with van der Waals surface area (Å²) >= 11 is 0.425. The molecule has 0 aromatic heterocycles. The third kappa shape index (κ3) is 4.51. The van der Waals surface area contributed by atoms with Crippen LogP contribution in [0.4, 0.5) is 0 Å². The summed E-state index contributed by atoms with van der Waals surface area (Å²) in [4.78, 5) is 0. The SMILES string of the molecule is COc1cc([Se][Se]c2cc(OC)c(OC)c(OC)c2)cc(OC)c1OC. The van der Waals surface area contributed by atoms with E-state index in [0.29, 0.717) is 34.5 Å². The summed E-state index contributed by atoms with van der Waals surface area (Å²) < 4.78 is 34.8. The molecule has 142 valence electrons. The Hall–Kier alpha value is -1.72. The minimum atomic E-state index is 0.213. The molecule has 8 heteroatoms. The van der Waals surface area contributed by atoms with E-state index in [-0.39, 0.29) is 26.3 Å². The van der Waals surface area contributed by atoms with Gasteiger partial charge in [0.15, 0.2) is 0 Å². The topological polar surface area (TPSA) is 55.4 Å². The summed E-state index contributed by atoms with van der Waals surface area (Å²) in [5.74, 6) is 3.90. The molecule has 2 aromatic rings. The van der Waals surface area contributed by atoms with Crippen LogP contribution in [0.2, 0.25) is 0 Å². The van der Waals surface area contributed by atoms with Gasteiger partial charge in [0.1, 0.15) is 0 Å². The summed E-state index contributed by atoms with van der Waals surface area (Å²) in [7, 11) is 9.70. The molecular formula is C18H22O6Se2. The van der Waals surface area contributed by atoms with Crippen molar-refractivity contribution >= 4 is 35.2 Å². The zero-order valence-electron chi connectivity index (χ0n) is 15.6. The first-order valence-electron chi connectivity index (χ1n) is 7.56. The van der Waals surface area contributed by atoms with Crippen molar-refractivity contribution in [1.29, 1.82) is 0 Å². The van der Waals surface area contributed by atoms with E-state index in [1.165, 1.54) is 8.92 Å². The summed E-state index contributed by atoms with van der Waals surface area (Å²) in [6, 6.07) is 8.00. The molecule has 0 fully saturated rings. The molecule has 6 nitrogen and oxygen atoms in total. The molecule has 0 N–H and O–H groups in total. The van der Waals surface area contributed by atoms with Gasteiger partial charge in [-0.15, -0.1) is 0 Å². The molecule has 26 heavy (non-hydrogen) atoms. The number of hydrogen-bond donors (Lipinski definition) is 0. The van der Waals surface area contributed by atoms with Gasteiger partial charge in [0.2, 0.25) is 0 Å². The van der Waals surface area contributed by atoms with Crippen LogP contribution in [0, 0.1) is 0 Å². The van der Waals surface area contributed by atoms with Gasteiger partial charge in [0.05, 0.1) is 0 Å². The van der Waals surface area contributed by atoms with Crippen molar-refractivity contribution in [3.8, 4) is 34.5 Å². The fourth-order valence-corrected chi connectivity index (χ4v) is 8.21. The van der Waals surface area contributed by atoms with Crippen LogP contribution in [-0.4, -0.2) is 68.9 Å². The van der Waals surface area contributed by atoms with Gasteiger partial charge in [0, 0.05) is 0 Å². The maximum atomic E-state index is 5.43. The van der Waals surface area contributed by atoms with Gasteiger partial charge < -0.3 is 0 Å². The first-order valence-corrected chi connectivity index (χ1v) is 13.6. The Morgan fingerprint density at radius 1 is 0.462 bits per heavy atom. The third-order valence-electron chi connectivity index (χ3n) is 3.51. The van der Waals surface area contributed by atoms with Gasteiger partial charge in [-0.05, 0) is 0 Å². The summed E-state index contributed by atoms with van der Waals surface area (Å²) in [6.45, 7) is 0. The quantitative estimate of drug-likeness (QED) is 0.488. The number of ether oxygens (including phenoxy) is 6. The molecule has 0 spiro atoms. The molecule has 0 atom stereocenters. The van der Waals surface area contributed by atoms with E-state index in [1.807, 2.05) is 24.3 Å². The molecule has 0 unspecified atom stereocenters. The van der Waals surface area contributed by atoms with Crippen LogP contribution in [0.5, 0.6) is 34.5 Å². The van der Waals surface area contributed by atoms with Crippen LogP contribution in [0.25, 0.3) is 0 Å². The van der Waals surface area contributed by atoms with Crippen molar-refractivity contribution in [2.24, 2.45) is 0 Å². The third-order valence-corrected chi connectivity index (χ3v) is 10.6. The predicted octanol–water partition coefficient (Wildman–Crippen LogP) is 1.01. The summed E-state index contributed by atoms with van der Waals surface area (Å²) in [6.07, 6.45) is 0. The Morgan fingerprint density at radius 3 is 0.923 bits per heavy atom. The molecular weight excluding hydrogens is 470 g/mol.